The summed E-state index contributed by atoms with van der Waals surface area (Å²) in [5.74, 6) is -1.59. The van der Waals surface area contributed by atoms with E-state index in [1.54, 1.807) is 0 Å². The Morgan fingerprint density at radius 1 is 1.45 bits per heavy atom. The van der Waals surface area contributed by atoms with Gasteiger partial charge in [-0.3, -0.25) is 0 Å². The molecule has 2 rings (SSSR count). The Balaban J connectivity index is 2.13. The molecule has 1 saturated heterocycles. The van der Waals surface area contributed by atoms with Crippen molar-refractivity contribution in [2.45, 2.75) is 18.6 Å². The second kappa shape index (κ2) is 5.92. The minimum atomic E-state index is -1.16. The van der Waals surface area contributed by atoms with E-state index in [4.69, 9.17) is 5.11 Å². The molecular weight excluding hydrogens is 382 g/mol. The van der Waals surface area contributed by atoms with Crippen LogP contribution < -0.4 is 5.32 Å². The number of halogens is 2. The van der Waals surface area contributed by atoms with Crippen LogP contribution in [0.3, 0.4) is 0 Å². The maximum atomic E-state index is 13.0. The van der Waals surface area contributed by atoms with Gasteiger partial charge < -0.3 is 20.4 Å². The summed E-state index contributed by atoms with van der Waals surface area (Å²) in [6.07, 6.45) is -0.849. The number of carboxylic acid groups (broad SMARTS) is 1. The Hall–Kier alpha value is -1.42. The lowest BCUT2D eigenvalue weighted by molar-refractivity contribution is -0.141. The number of hydrogen-bond donors (Lipinski definition) is 3. The number of carbonyl (C=O) groups is 2. The van der Waals surface area contributed by atoms with E-state index >= 15 is 0 Å². The van der Waals surface area contributed by atoms with Crippen LogP contribution in [0.5, 0.6) is 0 Å². The molecule has 1 fully saturated rings. The standard InChI is InChI=1S/C12H12FIN2O4/c13-6-1-2-9(8(14)3-6)15-12(20)16-5-7(17)4-10(16)11(18)19/h1-3,7,10,17H,4-5H2,(H,15,20)(H,18,19)/t7-,10-/m1/s1. The zero-order valence-electron chi connectivity index (χ0n) is 10.2. The van der Waals surface area contributed by atoms with E-state index in [0.29, 0.717) is 9.26 Å². The molecule has 20 heavy (non-hydrogen) atoms. The highest BCUT2D eigenvalue weighted by molar-refractivity contribution is 14.1. The Morgan fingerprint density at radius 2 is 2.15 bits per heavy atom. The van der Waals surface area contributed by atoms with Gasteiger partial charge in [0.2, 0.25) is 0 Å². The molecule has 0 aromatic heterocycles. The molecule has 0 radical (unpaired) electrons. The van der Waals surface area contributed by atoms with Gasteiger partial charge in [0.05, 0.1) is 11.8 Å². The minimum absolute atomic E-state index is 0.00324. The van der Waals surface area contributed by atoms with E-state index in [2.05, 4.69) is 5.32 Å². The smallest absolute Gasteiger partial charge is 0.326 e. The molecule has 0 spiro atoms. The third kappa shape index (κ3) is 3.18. The average Bonchev–Trinajstić information content (AvgIpc) is 2.75. The molecule has 108 valence electrons. The first-order chi connectivity index (χ1) is 9.38. The molecule has 1 aromatic rings. The van der Waals surface area contributed by atoms with Gasteiger partial charge in [0.15, 0.2) is 0 Å². The second-order valence-corrected chi connectivity index (χ2v) is 5.61. The molecule has 8 heteroatoms. The lowest BCUT2D eigenvalue weighted by Gasteiger charge is -2.21. The molecule has 2 amide bonds. The average molecular weight is 394 g/mol. The number of nitrogens with zero attached hydrogens (tertiary/aromatic N) is 1. The fraction of sp³-hybridized carbons (Fsp3) is 0.333. The van der Waals surface area contributed by atoms with Crippen LogP contribution in [0, 0.1) is 9.39 Å². The van der Waals surface area contributed by atoms with Crippen LogP contribution in [-0.4, -0.2) is 45.8 Å². The number of rotatable bonds is 2. The Kier molecular flexibility index (Phi) is 4.43. The molecular formula is C12H12FIN2O4. The number of β-amino-alcohol motifs (C(OH)–C–C–N with tert-alkyl or cyclic N) is 1. The van der Waals surface area contributed by atoms with Crippen LogP contribution in [0.1, 0.15) is 6.42 Å². The Morgan fingerprint density at radius 3 is 2.75 bits per heavy atom. The number of amides is 2. The topological polar surface area (TPSA) is 89.9 Å². The monoisotopic (exact) mass is 394 g/mol. The van der Waals surface area contributed by atoms with Gasteiger partial charge in [-0.05, 0) is 40.8 Å². The fourth-order valence-electron chi connectivity index (χ4n) is 2.05. The first-order valence-corrected chi connectivity index (χ1v) is 6.90. The van der Waals surface area contributed by atoms with Gasteiger partial charge in [-0.25, -0.2) is 14.0 Å². The second-order valence-electron chi connectivity index (χ2n) is 4.45. The third-order valence-electron chi connectivity index (χ3n) is 3.00. The van der Waals surface area contributed by atoms with Gasteiger partial charge in [0, 0.05) is 16.5 Å². The first kappa shape index (κ1) is 15.0. The number of carbonyl (C=O) groups excluding carboxylic acids is 1. The maximum absolute atomic E-state index is 13.0. The lowest BCUT2D eigenvalue weighted by atomic mass is 10.2. The van der Waals surface area contributed by atoms with Crippen molar-refractivity contribution in [3.63, 3.8) is 0 Å². The predicted molar refractivity (Wildman–Crippen MR) is 76.9 cm³/mol. The number of aliphatic carboxylic acids is 1. The largest absolute Gasteiger partial charge is 0.480 e. The molecule has 2 atom stereocenters. The number of urea groups is 1. The first-order valence-electron chi connectivity index (χ1n) is 5.82. The van der Waals surface area contributed by atoms with E-state index in [-0.39, 0.29) is 13.0 Å². The summed E-state index contributed by atoms with van der Waals surface area (Å²) in [7, 11) is 0. The predicted octanol–water partition coefficient (Wildman–Crippen LogP) is 1.48. The number of likely N-dealkylation sites (tertiary alicyclic amines) is 1. The molecule has 0 saturated carbocycles. The SMILES string of the molecule is O=C(O)[C@H]1C[C@@H](O)CN1C(=O)Nc1ccc(F)cc1I. The van der Waals surface area contributed by atoms with Crippen molar-refractivity contribution >= 4 is 40.3 Å². The minimum Gasteiger partial charge on any atom is -0.480 e. The molecule has 1 aliphatic rings. The molecule has 0 unspecified atom stereocenters. The summed E-state index contributed by atoms with van der Waals surface area (Å²) in [4.78, 5) is 24.2. The summed E-state index contributed by atoms with van der Waals surface area (Å²) in [5, 5.41) is 21.0. The van der Waals surface area contributed by atoms with Crippen LogP contribution in [0.25, 0.3) is 0 Å². The van der Waals surface area contributed by atoms with Gasteiger partial charge in [-0.15, -0.1) is 0 Å². The van der Waals surface area contributed by atoms with Gasteiger partial charge in [0.25, 0.3) is 0 Å². The summed E-state index contributed by atoms with van der Waals surface area (Å²) < 4.78 is 13.5. The van der Waals surface area contributed by atoms with E-state index in [1.165, 1.54) is 18.2 Å². The number of carboxylic acids is 1. The molecule has 3 N–H and O–H groups in total. The van der Waals surface area contributed by atoms with E-state index in [0.717, 1.165) is 4.90 Å². The molecule has 6 nitrogen and oxygen atoms in total. The summed E-state index contributed by atoms with van der Waals surface area (Å²) >= 11 is 1.87. The number of anilines is 1. The van der Waals surface area contributed by atoms with Crippen molar-refractivity contribution in [2.75, 3.05) is 11.9 Å². The fourth-order valence-corrected chi connectivity index (χ4v) is 2.66. The van der Waals surface area contributed by atoms with Gasteiger partial charge in [-0.2, -0.15) is 0 Å². The van der Waals surface area contributed by atoms with Crippen molar-refractivity contribution in [1.29, 1.82) is 0 Å². The molecule has 1 aromatic carbocycles. The van der Waals surface area contributed by atoms with Crippen molar-refractivity contribution < 1.29 is 24.2 Å². The zero-order chi connectivity index (χ0) is 14.9. The van der Waals surface area contributed by atoms with Gasteiger partial charge in [0.1, 0.15) is 11.9 Å². The number of benzene rings is 1. The molecule has 1 aliphatic heterocycles. The van der Waals surface area contributed by atoms with Crippen LogP contribution in [-0.2, 0) is 4.79 Å². The summed E-state index contributed by atoms with van der Waals surface area (Å²) in [5.41, 5.74) is 0.391. The molecule has 0 bridgehead atoms. The number of hydrogen-bond acceptors (Lipinski definition) is 3. The van der Waals surface area contributed by atoms with Crippen molar-refractivity contribution in [1.82, 2.24) is 4.90 Å². The third-order valence-corrected chi connectivity index (χ3v) is 3.89. The van der Waals surface area contributed by atoms with Crippen molar-refractivity contribution in [3.05, 3.63) is 27.6 Å². The number of aliphatic hydroxyl groups excluding tert-OH is 1. The van der Waals surface area contributed by atoms with E-state index in [9.17, 15) is 19.1 Å². The van der Waals surface area contributed by atoms with Crippen molar-refractivity contribution in [2.24, 2.45) is 0 Å². The van der Waals surface area contributed by atoms with E-state index in [1.807, 2.05) is 22.6 Å². The quantitative estimate of drug-likeness (QED) is 0.664. The lowest BCUT2D eigenvalue weighted by Crippen LogP contribution is -2.43. The van der Waals surface area contributed by atoms with Crippen molar-refractivity contribution in [3.8, 4) is 0 Å². The number of nitrogens with one attached hydrogen (secondary N) is 1. The summed E-state index contributed by atoms with van der Waals surface area (Å²) in [6.45, 7) is -0.0411. The Bertz CT molecular complexity index is 554. The highest BCUT2D eigenvalue weighted by atomic mass is 127. The van der Waals surface area contributed by atoms with Crippen LogP contribution in [0.15, 0.2) is 18.2 Å². The normalized spacial score (nSPS) is 21.9. The van der Waals surface area contributed by atoms with Gasteiger partial charge >= 0.3 is 12.0 Å². The maximum Gasteiger partial charge on any atom is 0.326 e. The molecule has 1 heterocycles. The van der Waals surface area contributed by atoms with E-state index < -0.39 is 30.0 Å². The Labute approximate surface area is 127 Å². The van der Waals surface area contributed by atoms with Crippen LogP contribution >= 0.6 is 22.6 Å². The van der Waals surface area contributed by atoms with Gasteiger partial charge in [-0.1, -0.05) is 0 Å². The summed E-state index contributed by atoms with van der Waals surface area (Å²) in [6, 6.07) is 2.17. The zero-order valence-corrected chi connectivity index (χ0v) is 12.4. The van der Waals surface area contributed by atoms with Crippen LogP contribution in [0.2, 0.25) is 0 Å². The van der Waals surface area contributed by atoms with Crippen LogP contribution in [0.4, 0.5) is 14.9 Å². The highest BCUT2D eigenvalue weighted by Crippen LogP contribution is 2.22. The molecule has 0 aliphatic carbocycles. The highest BCUT2D eigenvalue weighted by Gasteiger charge is 2.39. The number of aliphatic hydroxyl groups is 1.